The number of rotatable bonds is 6. The van der Waals surface area contributed by atoms with Crippen molar-refractivity contribution in [2.45, 2.75) is 20.4 Å². The topological polar surface area (TPSA) is 52.6 Å². The van der Waals surface area contributed by atoms with Gasteiger partial charge in [-0.3, -0.25) is 0 Å². The molecule has 0 aromatic heterocycles. The lowest BCUT2D eigenvalue weighted by Crippen LogP contribution is -2.26. The van der Waals surface area contributed by atoms with Gasteiger partial charge in [0.2, 0.25) is 0 Å². The Morgan fingerprint density at radius 1 is 0.733 bits per heavy atom. The molecule has 0 spiro atoms. The normalized spacial score (nSPS) is 11.8. The van der Waals surface area contributed by atoms with Gasteiger partial charge in [-0.25, -0.2) is 9.59 Å². The Hall–Kier alpha value is -1.14. The van der Waals surface area contributed by atoms with Gasteiger partial charge in [-0.05, 0) is 24.0 Å². The highest BCUT2D eigenvalue weighted by Crippen LogP contribution is 2.41. The number of benzene rings is 2. The standard InChI is InChI=1S/C20H14Cl6O4/c1-3-5-11-7-9-14-13(15(11)29-17(27)19(21,22)23)10-8-12(6-4-2)16(14)30-18(28)20(24,25)26/h3-4,7-10H,1-2,5-6H2. The Labute approximate surface area is 203 Å². The maximum absolute atomic E-state index is 12.2. The highest BCUT2D eigenvalue weighted by molar-refractivity contribution is 6.76. The second-order valence-electron chi connectivity index (χ2n) is 5.96. The fraction of sp³-hybridized carbons (Fsp3) is 0.200. The summed E-state index contributed by atoms with van der Waals surface area (Å²) in [6.07, 6.45) is 3.94. The molecule has 0 unspecified atom stereocenters. The van der Waals surface area contributed by atoms with Gasteiger partial charge < -0.3 is 9.47 Å². The molecule has 0 saturated carbocycles. The van der Waals surface area contributed by atoms with E-state index in [-0.39, 0.29) is 11.5 Å². The van der Waals surface area contributed by atoms with Crippen molar-refractivity contribution in [3.63, 3.8) is 0 Å². The summed E-state index contributed by atoms with van der Waals surface area (Å²) in [5, 5.41) is 0.828. The molecule has 0 bridgehead atoms. The van der Waals surface area contributed by atoms with Crippen LogP contribution in [0.1, 0.15) is 11.1 Å². The van der Waals surface area contributed by atoms with Gasteiger partial charge in [-0.1, -0.05) is 106 Å². The first kappa shape index (κ1) is 25.1. The first-order valence-electron chi connectivity index (χ1n) is 8.27. The third kappa shape index (κ3) is 5.97. The minimum atomic E-state index is -2.29. The van der Waals surface area contributed by atoms with Crippen molar-refractivity contribution < 1.29 is 19.1 Å². The van der Waals surface area contributed by atoms with Crippen molar-refractivity contribution >= 4 is 92.3 Å². The Kier molecular flexibility index (Phi) is 8.36. The maximum atomic E-state index is 12.2. The van der Waals surface area contributed by atoms with E-state index in [1.165, 1.54) is 0 Å². The van der Waals surface area contributed by atoms with E-state index in [9.17, 15) is 9.59 Å². The van der Waals surface area contributed by atoms with Crippen molar-refractivity contribution in [2.24, 2.45) is 0 Å². The molecule has 2 aromatic rings. The molecule has 0 fully saturated rings. The molecule has 0 N–H and O–H groups in total. The van der Waals surface area contributed by atoms with Gasteiger partial charge in [0.05, 0.1) is 0 Å². The summed E-state index contributed by atoms with van der Waals surface area (Å²) in [6.45, 7) is 7.37. The van der Waals surface area contributed by atoms with Crippen molar-refractivity contribution in [3.8, 4) is 11.5 Å². The van der Waals surface area contributed by atoms with E-state index < -0.39 is 19.5 Å². The number of esters is 2. The fourth-order valence-corrected chi connectivity index (χ4v) is 2.85. The number of halogens is 6. The lowest BCUT2D eigenvalue weighted by molar-refractivity contribution is -0.134. The summed E-state index contributed by atoms with van der Waals surface area (Å²) in [6, 6.07) is 6.67. The molecule has 0 amide bonds. The molecule has 4 nitrogen and oxygen atoms in total. The van der Waals surface area contributed by atoms with Gasteiger partial charge in [0.25, 0.3) is 7.59 Å². The molecule has 0 aliphatic heterocycles. The van der Waals surface area contributed by atoms with E-state index in [0.717, 1.165) is 0 Å². The van der Waals surface area contributed by atoms with E-state index in [2.05, 4.69) is 13.2 Å². The van der Waals surface area contributed by atoms with Crippen molar-refractivity contribution in [1.29, 1.82) is 0 Å². The van der Waals surface area contributed by atoms with E-state index in [1.54, 1.807) is 36.4 Å². The third-order valence-electron chi connectivity index (χ3n) is 3.85. The van der Waals surface area contributed by atoms with Gasteiger partial charge in [-0.2, -0.15) is 0 Å². The van der Waals surface area contributed by atoms with Gasteiger partial charge in [0.15, 0.2) is 0 Å². The number of alkyl halides is 6. The Morgan fingerprint density at radius 2 is 1.07 bits per heavy atom. The van der Waals surface area contributed by atoms with Gasteiger partial charge >= 0.3 is 11.9 Å². The monoisotopic (exact) mass is 528 g/mol. The first-order chi connectivity index (χ1) is 13.9. The SMILES string of the molecule is C=CCc1ccc2c(OC(=O)C(Cl)(Cl)Cl)c(CC=C)ccc2c1OC(=O)C(Cl)(Cl)Cl. The summed E-state index contributed by atoms with van der Waals surface area (Å²) < 4.78 is 6.18. The zero-order valence-corrected chi connectivity index (χ0v) is 19.7. The van der Waals surface area contributed by atoms with Crippen molar-refractivity contribution in [3.05, 3.63) is 60.7 Å². The van der Waals surface area contributed by atoms with E-state index in [0.29, 0.717) is 34.7 Å². The smallest absolute Gasteiger partial charge is 0.363 e. The molecule has 0 aliphatic carbocycles. The largest absolute Gasteiger partial charge is 0.422 e. The molecule has 2 aromatic carbocycles. The maximum Gasteiger partial charge on any atom is 0.363 e. The number of allylic oxidation sites excluding steroid dienone is 2. The van der Waals surface area contributed by atoms with Crippen LogP contribution in [0.2, 0.25) is 0 Å². The average Bonchev–Trinajstić information content (AvgIpc) is 2.63. The first-order valence-corrected chi connectivity index (χ1v) is 10.5. The van der Waals surface area contributed by atoms with Crippen LogP contribution in [0.15, 0.2) is 49.6 Å². The van der Waals surface area contributed by atoms with Crippen LogP contribution in [-0.4, -0.2) is 19.5 Å². The molecule has 0 heterocycles. The molecule has 0 radical (unpaired) electrons. The van der Waals surface area contributed by atoms with Gasteiger partial charge in [-0.15, -0.1) is 13.2 Å². The Morgan fingerprint density at radius 3 is 1.33 bits per heavy atom. The molecule has 10 heteroatoms. The number of hydrogen-bond acceptors (Lipinski definition) is 4. The second kappa shape index (κ2) is 9.99. The molecule has 2 rings (SSSR count). The van der Waals surface area contributed by atoms with Crippen LogP contribution in [0.3, 0.4) is 0 Å². The Balaban J connectivity index is 2.75. The zero-order valence-electron chi connectivity index (χ0n) is 15.2. The van der Waals surface area contributed by atoms with Crippen LogP contribution in [0.4, 0.5) is 0 Å². The van der Waals surface area contributed by atoms with Crippen molar-refractivity contribution in [2.75, 3.05) is 0 Å². The molecule has 0 aliphatic rings. The number of ether oxygens (including phenoxy) is 2. The molecular weight excluding hydrogens is 517 g/mol. The quantitative estimate of drug-likeness (QED) is 0.177. The van der Waals surface area contributed by atoms with E-state index in [4.69, 9.17) is 79.1 Å². The highest BCUT2D eigenvalue weighted by atomic mass is 35.6. The van der Waals surface area contributed by atoms with Gasteiger partial charge in [0.1, 0.15) is 11.5 Å². The number of carbonyl (C=O) groups excluding carboxylic acids is 2. The van der Waals surface area contributed by atoms with Crippen LogP contribution in [0, 0.1) is 0 Å². The number of hydrogen-bond donors (Lipinski definition) is 0. The second-order valence-corrected chi connectivity index (χ2v) is 10.5. The van der Waals surface area contributed by atoms with E-state index >= 15 is 0 Å². The lowest BCUT2D eigenvalue weighted by Gasteiger charge is -2.19. The van der Waals surface area contributed by atoms with Crippen LogP contribution in [-0.2, 0) is 22.4 Å². The van der Waals surface area contributed by atoms with E-state index in [1.807, 2.05) is 0 Å². The minimum absolute atomic E-state index is 0.125. The predicted octanol–water partition coefficient (Wildman–Crippen LogP) is 6.85. The minimum Gasteiger partial charge on any atom is -0.422 e. The van der Waals surface area contributed by atoms with Crippen molar-refractivity contribution in [1.82, 2.24) is 0 Å². The lowest BCUT2D eigenvalue weighted by atomic mass is 9.98. The number of fused-ring (bicyclic) bond motifs is 1. The summed E-state index contributed by atoms with van der Waals surface area (Å²) in [4.78, 5) is 24.4. The summed E-state index contributed by atoms with van der Waals surface area (Å²) in [5.41, 5.74) is 1.19. The molecule has 160 valence electrons. The highest BCUT2D eigenvalue weighted by Gasteiger charge is 2.35. The summed E-state index contributed by atoms with van der Waals surface area (Å²) in [7, 11) is 0. The number of carbonyl (C=O) groups is 2. The van der Waals surface area contributed by atoms with Crippen LogP contribution in [0.25, 0.3) is 10.8 Å². The molecule has 0 saturated heterocycles. The van der Waals surface area contributed by atoms with Crippen LogP contribution < -0.4 is 9.47 Å². The average molecular weight is 531 g/mol. The third-order valence-corrected chi connectivity index (χ3v) is 4.77. The zero-order chi connectivity index (χ0) is 22.7. The van der Waals surface area contributed by atoms with Crippen LogP contribution in [0.5, 0.6) is 11.5 Å². The summed E-state index contributed by atoms with van der Waals surface area (Å²) in [5.74, 6) is -1.94. The fourth-order valence-electron chi connectivity index (χ4n) is 2.62. The molecule has 30 heavy (non-hydrogen) atoms. The van der Waals surface area contributed by atoms with Crippen LogP contribution >= 0.6 is 69.6 Å². The Bertz CT molecular complexity index is 924. The molecular formula is C20H14Cl6O4. The van der Waals surface area contributed by atoms with Gasteiger partial charge in [0, 0.05) is 10.8 Å². The molecule has 0 atom stereocenters. The predicted molar refractivity (Wildman–Crippen MR) is 124 cm³/mol. The summed E-state index contributed by atoms with van der Waals surface area (Å²) >= 11 is 33.9.